The first kappa shape index (κ1) is 10.1. The Kier molecular flexibility index (Phi) is 2.44. The number of anilines is 1. The lowest BCUT2D eigenvalue weighted by Crippen LogP contribution is -2.30. The van der Waals surface area contributed by atoms with E-state index in [0.717, 1.165) is 10.6 Å². The van der Waals surface area contributed by atoms with Gasteiger partial charge in [0, 0.05) is 5.38 Å². The molecule has 0 bridgehead atoms. The number of nitrogens with one attached hydrogen (secondary N) is 1. The van der Waals surface area contributed by atoms with E-state index in [1.807, 2.05) is 19.2 Å². The minimum atomic E-state index is -0.385. The Balaban J connectivity index is 2.29. The Bertz CT molecular complexity index is 397. The van der Waals surface area contributed by atoms with Crippen molar-refractivity contribution in [2.45, 2.75) is 19.8 Å². The van der Waals surface area contributed by atoms with Crippen LogP contribution in [0.3, 0.4) is 0 Å². The number of thiazole rings is 1. The smallest absolute Gasteiger partial charge is 0.328 e. The average molecular weight is 225 g/mol. The second-order valence-corrected chi connectivity index (χ2v) is 4.43. The number of rotatable bonds is 2. The highest BCUT2D eigenvalue weighted by Crippen LogP contribution is 2.25. The van der Waals surface area contributed by atoms with Crippen LogP contribution < -0.4 is 10.2 Å². The zero-order chi connectivity index (χ0) is 11.0. The van der Waals surface area contributed by atoms with Crippen molar-refractivity contribution < 1.29 is 9.59 Å². The summed E-state index contributed by atoms with van der Waals surface area (Å²) >= 11 is 1.32. The van der Waals surface area contributed by atoms with Crippen LogP contribution in [0, 0.1) is 0 Å². The normalized spacial score (nSPS) is 16.3. The molecule has 0 atom stereocenters. The molecule has 0 saturated carbocycles. The number of nitrogens with zero attached hydrogens (tertiary/aromatic N) is 2. The lowest BCUT2D eigenvalue weighted by Gasteiger charge is -2.07. The Morgan fingerprint density at radius 2 is 2.27 bits per heavy atom. The highest BCUT2D eigenvalue weighted by molar-refractivity contribution is 7.14. The van der Waals surface area contributed by atoms with Gasteiger partial charge < -0.3 is 5.32 Å². The van der Waals surface area contributed by atoms with Gasteiger partial charge in [-0.3, -0.25) is 4.79 Å². The molecule has 1 aromatic rings. The summed E-state index contributed by atoms with van der Waals surface area (Å²) in [7, 11) is 0. The van der Waals surface area contributed by atoms with Crippen molar-refractivity contribution in [3.8, 4) is 0 Å². The van der Waals surface area contributed by atoms with E-state index in [4.69, 9.17) is 0 Å². The second kappa shape index (κ2) is 3.62. The minimum absolute atomic E-state index is 0.0649. The molecule has 1 aromatic heterocycles. The summed E-state index contributed by atoms with van der Waals surface area (Å²) in [6.07, 6.45) is 0. The third-order valence-electron chi connectivity index (χ3n) is 2.14. The van der Waals surface area contributed by atoms with E-state index in [9.17, 15) is 9.59 Å². The van der Waals surface area contributed by atoms with E-state index in [2.05, 4.69) is 10.3 Å². The summed E-state index contributed by atoms with van der Waals surface area (Å²) in [6.45, 7) is 4.10. The zero-order valence-corrected chi connectivity index (χ0v) is 9.30. The second-order valence-electron chi connectivity index (χ2n) is 3.60. The zero-order valence-electron chi connectivity index (χ0n) is 8.48. The van der Waals surface area contributed by atoms with Gasteiger partial charge >= 0.3 is 6.03 Å². The van der Waals surface area contributed by atoms with Crippen LogP contribution in [0.2, 0.25) is 0 Å². The first-order valence-electron chi connectivity index (χ1n) is 4.66. The molecule has 1 fully saturated rings. The van der Waals surface area contributed by atoms with Crippen LogP contribution in [0.25, 0.3) is 0 Å². The van der Waals surface area contributed by atoms with Gasteiger partial charge in [-0.15, -0.1) is 11.3 Å². The van der Waals surface area contributed by atoms with Gasteiger partial charge in [0.1, 0.15) is 0 Å². The van der Waals surface area contributed by atoms with Gasteiger partial charge in [0.2, 0.25) is 5.13 Å². The summed E-state index contributed by atoms with van der Waals surface area (Å²) in [4.78, 5) is 28.0. The molecule has 80 valence electrons. The largest absolute Gasteiger partial charge is 0.331 e. The van der Waals surface area contributed by atoms with Gasteiger partial charge in [0.15, 0.2) is 0 Å². The van der Waals surface area contributed by atoms with Gasteiger partial charge in [-0.1, -0.05) is 13.8 Å². The first-order valence-corrected chi connectivity index (χ1v) is 5.53. The van der Waals surface area contributed by atoms with E-state index in [1.165, 1.54) is 11.3 Å². The monoisotopic (exact) mass is 225 g/mol. The van der Waals surface area contributed by atoms with Crippen molar-refractivity contribution in [2.24, 2.45) is 0 Å². The van der Waals surface area contributed by atoms with Crippen LogP contribution in [-0.2, 0) is 4.79 Å². The lowest BCUT2D eigenvalue weighted by atomic mass is 10.2. The van der Waals surface area contributed by atoms with Crippen molar-refractivity contribution in [3.63, 3.8) is 0 Å². The number of carbonyl (C=O) groups excluding carboxylic acids is 2. The lowest BCUT2D eigenvalue weighted by molar-refractivity contribution is -0.115. The van der Waals surface area contributed by atoms with E-state index in [-0.39, 0.29) is 18.5 Å². The third kappa shape index (κ3) is 1.72. The molecule has 5 nitrogen and oxygen atoms in total. The fourth-order valence-electron chi connectivity index (χ4n) is 1.26. The van der Waals surface area contributed by atoms with Crippen molar-refractivity contribution in [3.05, 3.63) is 11.1 Å². The van der Waals surface area contributed by atoms with Crippen LogP contribution in [-0.4, -0.2) is 23.5 Å². The summed E-state index contributed by atoms with van der Waals surface area (Å²) in [5.41, 5.74) is 0.905. The molecule has 1 aliphatic heterocycles. The number of aromatic nitrogens is 1. The molecule has 0 radical (unpaired) electrons. The molecule has 3 amide bonds. The highest BCUT2D eigenvalue weighted by atomic mass is 32.1. The maximum Gasteiger partial charge on any atom is 0.331 e. The Morgan fingerprint density at radius 3 is 2.73 bits per heavy atom. The van der Waals surface area contributed by atoms with Crippen molar-refractivity contribution in [1.29, 1.82) is 0 Å². The van der Waals surface area contributed by atoms with E-state index in [0.29, 0.717) is 11.0 Å². The van der Waals surface area contributed by atoms with Gasteiger partial charge in [-0.2, -0.15) is 0 Å². The number of carbonyl (C=O) groups is 2. The predicted octanol–water partition coefficient (Wildman–Crippen LogP) is 1.32. The molecule has 0 aromatic carbocycles. The average Bonchev–Trinajstić information content (AvgIpc) is 2.73. The minimum Gasteiger partial charge on any atom is -0.328 e. The summed E-state index contributed by atoms with van der Waals surface area (Å²) < 4.78 is 0. The Labute approximate surface area is 91.1 Å². The number of hydrogen-bond acceptors (Lipinski definition) is 4. The molecule has 15 heavy (non-hydrogen) atoms. The number of amides is 3. The molecule has 0 unspecified atom stereocenters. The molecule has 2 rings (SSSR count). The SMILES string of the molecule is CC(C)c1csc(N2C(=O)CNC2=O)n1. The Morgan fingerprint density at radius 1 is 1.53 bits per heavy atom. The maximum atomic E-state index is 11.4. The highest BCUT2D eigenvalue weighted by Gasteiger charge is 2.32. The molecule has 2 heterocycles. The topological polar surface area (TPSA) is 62.3 Å². The van der Waals surface area contributed by atoms with E-state index >= 15 is 0 Å². The molecule has 1 aliphatic rings. The first-order chi connectivity index (χ1) is 7.09. The van der Waals surface area contributed by atoms with Crippen LogP contribution in [0.4, 0.5) is 9.93 Å². The van der Waals surface area contributed by atoms with Crippen LogP contribution >= 0.6 is 11.3 Å². The standard InChI is InChI=1S/C9H11N3O2S/c1-5(2)6-4-15-9(11-6)12-7(13)3-10-8(12)14/h4-5H,3H2,1-2H3,(H,10,14). The summed E-state index contributed by atoms with van der Waals surface area (Å²) in [5.74, 6) is 0.0559. The molecular formula is C9H11N3O2S. The molecule has 0 aliphatic carbocycles. The summed E-state index contributed by atoms with van der Waals surface area (Å²) in [6, 6.07) is -0.385. The van der Waals surface area contributed by atoms with Gasteiger partial charge in [-0.25, -0.2) is 14.7 Å². The van der Waals surface area contributed by atoms with Gasteiger partial charge in [0.25, 0.3) is 5.91 Å². The predicted molar refractivity (Wildman–Crippen MR) is 57.1 cm³/mol. The van der Waals surface area contributed by atoms with Gasteiger partial charge in [-0.05, 0) is 5.92 Å². The van der Waals surface area contributed by atoms with Crippen LogP contribution in [0.5, 0.6) is 0 Å². The van der Waals surface area contributed by atoms with E-state index < -0.39 is 0 Å². The molecular weight excluding hydrogens is 214 g/mol. The van der Waals surface area contributed by atoms with Crippen molar-refractivity contribution in [2.75, 3.05) is 11.4 Å². The molecule has 0 spiro atoms. The van der Waals surface area contributed by atoms with Crippen LogP contribution in [0.1, 0.15) is 25.5 Å². The fraction of sp³-hybridized carbons (Fsp3) is 0.444. The molecule has 1 N–H and O–H groups in total. The van der Waals surface area contributed by atoms with Gasteiger partial charge in [0.05, 0.1) is 12.2 Å². The van der Waals surface area contributed by atoms with Crippen LogP contribution in [0.15, 0.2) is 5.38 Å². The van der Waals surface area contributed by atoms with Crippen molar-refractivity contribution >= 4 is 28.4 Å². The quantitative estimate of drug-likeness (QED) is 0.772. The number of hydrogen-bond donors (Lipinski definition) is 1. The van der Waals surface area contributed by atoms with Crippen molar-refractivity contribution in [1.82, 2.24) is 10.3 Å². The number of imide groups is 1. The van der Waals surface area contributed by atoms with E-state index in [1.54, 1.807) is 0 Å². The molecule has 6 heteroatoms. The fourth-order valence-corrected chi connectivity index (χ4v) is 2.26. The number of urea groups is 1. The summed E-state index contributed by atoms with van der Waals surface area (Å²) in [5, 5.41) is 4.79. The maximum absolute atomic E-state index is 11.4. The third-order valence-corrected chi connectivity index (χ3v) is 2.98. The Hall–Kier alpha value is -1.43. The molecule has 1 saturated heterocycles.